The van der Waals surface area contributed by atoms with Gasteiger partial charge in [0.25, 0.3) is 0 Å². The van der Waals surface area contributed by atoms with Gasteiger partial charge < -0.3 is 14.2 Å². The predicted octanol–water partition coefficient (Wildman–Crippen LogP) is 2.24. The van der Waals surface area contributed by atoms with Gasteiger partial charge in [-0.1, -0.05) is 0 Å². The third-order valence-corrected chi connectivity index (χ3v) is 3.87. The highest BCUT2D eigenvalue weighted by atomic mass is 16.7. The van der Waals surface area contributed by atoms with Crippen LogP contribution in [0.2, 0.25) is 0 Å². The minimum atomic E-state index is -0.227. The first-order chi connectivity index (χ1) is 7.38. The maximum Gasteiger partial charge on any atom is 0.168 e. The van der Waals surface area contributed by atoms with E-state index in [2.05, 4.69) is 0 Å². The molecule has 3 heteroatoms. The molecular formula is C12H20O3. The summed E-state index contributed by atoms with van der Waals surface area (Å²) < 4.78 is 17.7. The van der Waals surface area contributed by atoms with Crippen molar-refractivity contribution in [1.82, 2.24) is 0 Å². The lowest BCUT2D eigenvalue weighted by Crippen LogP contribution is -2.38. The minimum Gasteiger partial charge on any atom is -0.376 e. The first kappa shape index (κ1) is 10.1. The van der Waals surface area contributed by atoms with Crippen LogP contribution in [0.15, 0.2) is 0 Å². The van der Waals surface area contributed by atoms with Crippen molar-refractivity contribution in [3.8, 4) is 0 Å². The number of rotatable bonds is 1. The van der Waals surface area contributed by atoms with Crippen LogP contribution in [-0.2, 0) is 14.2 Å². The fraction of sp³-hybridized carbons (Fsp3) is 1.00. The molecule has 86 valence electrons. The molecule has 0 saturated carbocycles. The van der Waals surface area contributed by atoms with Crippen LogP contribution < -0.4 is 0 Å². The first-order valence-electron chi connectivity index (χ1n) is 6.31. The van der Waals surface area contributed by atoms with Crippen molar-refractivity contribution in [1.29, 1.82) is 0 Å². The molecule has 0 radical (unpaired) electrons. The average Bonchev–Trinajstić information content (AvgIpc) is 2.88. The summed E-state index contributed by atoms with van der Waals surface area (Å²) in [7, 11) is 0. The molecule has 3 aliphatic rings. The normalized spacial score (nSPS) is 46.4. The lowest BCUT2D eigenvalue weighted by molar-refractivity contribution is -0.254. The topological polar surface area (TPSA) is 27.7 Å². The van der Waals surface area contributed by atoms with Crippen molar-refractivity contribution in [2.75, 3.05) is 13.2 Å². The Kier molecular flexibility index (Phi) is 2.71. The molecule has 0 amide bonds. The molecule has 0 bridgehead atoms. The maximum atomic E-state index is 6.13. The van der Waals surface area contributed by atoms with E-state index in [1.54, 1.807) is 0 Å². The van der Waals surface area contributed by atoms with Gasteiger partial charge in [0.05, 0.1) is 18.8 Å². The second-order valence-corrected chi connectivity index (χ2v) is 4.96. The third kappa shape index (κ3) is 1.93. The van der Waals surface area contributed by atoms with Gasteiger partial charge in [-0.25, -0.2) is 0 Å². The van der Waals surface area contributed by atoms with Gasteiger partial charge in [-0.2, -0.15) is 0 Å². The third-order valence-electron chi connectivity index (χ3n) is 3.87. The van der Waals surface area contributed by atoms with Gasteiger partial charge in [0, 0.05) is 19.4 Å². The fourth-order valence-electron chi connectivity index (χ4n) is 3.03. The molecule has 3 rings (SSSR count). The molecule has 3 fully saturated rings. The van der Waals surface area contributed by atoms with E-state index in [4.69, 9.17) is 14.2 Å². The van der Waals surface area contributed by atoms with Crippen molar-refractivity contribution in [3.63, 3.8) is 0 Å². The van der Waals surface area contributed by atoms with Crippen LogP contribution in [0.1, 0.15) is 44.9 Å². The number of ether oxygens (including phenoxy) is 3. The average molecular weight is 212 g/mol. The van der Waals surface area contributed by atoms with Crippen molar-refractivity contribution in [2.45, 2.75) is 62.9 Å². The van der Waals surface area contributed by atoms with Gasteiger partial charge >= 0.3 is 0 Å². The van der Waals surface area contributed by atoms with Crippen LogP contribution in [0, 0.1) is 0 Å². The van der Waals surface area contributed by atoms with E-state index in [9.17, 15) is 0 Å². The van der Waals surface area contributed by atoms with Crippen LogP contribution in [0.5, 0.6) is 0 Å². The molecule has 3 nitrogen and oxygen atoms in total. The first-order valence-corrected chi connectivity index (χ1v) is 6.31. The monoisotopic (exact) mass is 212 g/mol. The Hall–Kier alpha value is -0.120. The Morgan fingerprint density at radius 2 is 1.87 bits per heavy atom. The van der Waals surface area contributed by atoms with Gasteiger partial charge in [0.15, 0.2) is 5.79 Å². The summed E-state index contributed by atoms with van der Waals surface area (Å²) in [6.07, 6.45) is 8.70. The summed E-state index contributed by atoms with van der Waals surface area (Å²) in [6.45, 7) is 1.79. The summed E-state index contributed by atoms with van der Waals surface area (Å²) in [6, 6.07) is 0. The van der Waals surface area contributed by atoms with Crippen molar-refractivity contribution in [2.24, 2.45) is 0 Å². The molecule has 3 saturated heterocycles. The highest BCUT2D eigenvalue weighted by Crippen LogP contribution is 2.41. The lowest BCUT2D eigenvalue weighted by Gasteiger charge is -2.34. The Bertz CT molecular complexity index is 217. The minimum absolute atomic E-state index is 0.227. The smallest absolute Gasteiger partial charge is 0.168 e. The summed E-state index contributed by atoms with van der Waals surface area (Å²) in [4.78, 5) is 0. The molecule has 1 spiro atoms. The molecule has 15 heavy (non-hydrogen) atoms. The van der Waals surface area contributed by atoms with Crippen LogP contribution in [0.25, 0.3) is 0 Å². The molecule has 0 aromatic rings. The Balaban J connectivity index is 1.61. The molecule has 0 aromatic carbocycles. The van der Waals surface area contributed by atoms with Crippen molar-refractivity contribution in [3.05, 3.63) is 0 Å². The SMILES string of the molecule is C1CCC2(CCC(C3CCCO3)O2)OC1. The zero-order chi connectivity index (χ0) is 10.1. The van der Waals surface area contributed by atoms with Crippen molar-refractivity contribution >= 4 is 0 Å². The molecule has 0 aliphatic carbocycles. The largest absolute Gasteiger partial charge is 0.376 e. The van der Waals surface area contributed by atoms with Gasteiger partial charge in [-0.05, 0) is 32.1 Å². The van der Waals surface area contributed by atoms with Gasteiger partial charge in [0.2, 0.25) is 0 Å². The summed E-state index contributed by atoms with van der Waals surface area (Å²) in [5.74, 6) is -0.227. The summed E-state index contributed by atoms with van der Waals surface area (Å²) in [5, 5.41) is 0. The van der Waals surface area contributed by atoms with Crippen molar-refractivity contribution < 1.29 is 14.2 Å². The summed E-state index contributed by atoms with van der Waals surface area (Å²) in [5.41, 5.74) is 0. The zero-order valence-corrected chi connectivity index (χ0v) is 9.24. The molecule has 0 N–H and O–H groups in total. The van der Waals surface area contributed by atoms with E-state index in [1.165, 1.54) is 25.7 Å². The van der Waals surface area contributed by atoms with Crippen LogP contribution in [0.4, 0.5) is 0 Å². The summed E-state index contributed by atoms with van der Waals surface area (Å²) >= 11 is 0. The van der Waals surface area contributed by atoms with Gasteiger partial charge in [0.1, 0.15) is 0 Å². The second-order valence-electron chi connectivity index (χ2n) is 4.96. The Labute approximate surface area is 91.1 Å². The fourth-order valence-corrected chi connectivity index (χ4v) is 3.03. The molecule has 3 aliphatic heterocycles. The molecule has 0 aromatic heterocycles. The quantitative estimate of drug-likeness (QED) is 0.667. The van der Waals surface area contributed by atoms with Gasteiger partial charge in [-0.3, -0.25) is 0 Å². The second kappa shape index (κ2) is 4.04. The van der Waals surface area contributed by atoms with Crippen LogP contribution >= 0.6 is 0 Å². The number of hydrogen-bond acceptors (Lipinski definition) is 3. The van der Waals surface area contributed by atoms with E-state index in [0.717, 1.165) is 32.5 Å². The Morgan fingerprint density at radius 3 is 2.60 bits per heavy atom. The molecule has 3 heterocycles. The van der Waals surface area contributed by atoms with E-state index in [-0.39, 0.29) is 5.79 Å². The van der Waals surface area contributed by atoms with Gasteiger partial charge in [-0.15, -0.1) is 0 Å². The van der Waals surface area contributed by atoms with E-state index in [0.29, 0.717) is 12.2 Å². The molecule has 3 atom stereocenters. The lowest BCUT2D eigenvalue weighted by atomic mass is 10.0. The zero-order valence-electron chi connectivity index (χ0n) is 9.24. The predicted molar refractivity (Wildman–Crippen MR) is 55.6 cm³/mol. The highest BCUT2D eigenvalue weighted by Gasteiger charge is 2.45. The highest BCUT2D eigenvalue weighted by molar-refractivity contribution is 4.88. The van der Waals surface area contributed by atoms with Crippen LogP contribution in [-0.4, -0.2) is 31.2 Å². The Morgan fingerprint density at radius 1 is 0.867 bits per heavy atom. The van der Waals surface area contributed by atoms with E-state index >= 15 is 0 Å². The van der Waals surface area contributed by atoms with E-state index in [1.807, 2.05) is 0 Å². The van der Waals surface area contributed by atoms with E-state index < -0.39 is 0 Å². The standard InChI is InChI=1S/C12H20O3/c1-2-9-14-12(6-1)7-5-11(15-12)10-4-3-8-13-10/h10-11H,1-9H2. The van der Waals surface area contributed by atoms with Crippen LogP contribution in [0.3, 0.4) is 0 Å². The molecular weight excluding hydrogens is 192 g/mol. The molecule has 3 unspecified atom stereocenters. The number of hydrogen-bond donors (Lipinski definition) is 0. The maximum absolute atomic E-state index is 6.13.